The highest BCUT2D eigenvalue weighted by Crippen LogP contribution is 2.45. The normalized spacial score (nSPS) is 16.3. The Hall–Kier alpha value is -7.13. The molecule has 4 N–H and O–H groups in total. The van der Waals surface area contributed by atoms with Crippen molar-refractivity contribution in [1.82, 2.24) is 35.8 Å². The zero-order chi connectivity index (χ0) is 39.2. The number of nitrogens with zero attached hydrogens (tertiary/aromatic N) is 3. The molecule has 57 heavy (non-hydrogen) atoms. The minimum atomic E-state index is -0.691. The monoisotopic (exact) mass is 755 g/mol. The number of aromatic nitrogens is 3. The second-order valence-electron chi connectivity index (χ2n) is 14.6. The first kappa shape index (κ1) is 35.6. The summed E-state index contributed by atoms with van der Waals surface area (Å²) in [6.45, 7) is 0.542. The Kier molecular flexibility index (Phi) is 9.05. The number of hydrogen-bond acceptors (Lipinski definition) is 7. The Morgan fingerprint density at radius 3 is 2.53 bits per heavy atom. The molecule has 2 fully saturated rings. The predicted molar refractivity (Wildman–Crippen MR) is 214 cm³/mol. The predicted octanol–water partition coefficient (Wildman–Crippen LogP) is 5.61. The molecule has 1 aliphatic carbocycles. The van der Waals surface area contributed by atoms with Crippen molar-refractivity contribution in [3.63, 3.8) is 0 Å². The molecule has 1 atom stereocenters. The lowest BCUT2D eigenvalue weighted by atomic mass is 9.94. The van der Waals surface area contributed by atoms with Crippen molar-refractivity contribution in [2.45, 2.75) is 50.6 Å². The molecule has 0 spiro atoms. The molecule has 0 bridgehead atoms. The van der Waals surface area contributed by atoms with Crippen LogP contribution < -0.4 is 16.0 Å². The van der Waals surface area contributed by atoms with E-state index in [1.165, 1.54) is 10.5 Å². The van der Waals surface area contributed by atoms with Gasteiger partial charge in [0.25, 0.3) is 17.7 Å². The lowest BCUT2D eigenvalue weighted by Gasteiger charge is -2.29. The Balaban J connectivity index is 0.858. The number of carbonyl (C=O) groups excluding carboxylic acids is 5. The lowest BCUT2D eigenvalue weighted by Crippen LogP contribution is -2.52. The molecule has 0 radical (unpaired) electrons. The first-order valence-corrected chi connectivity index (χ1v) is 19.0. The highest BCUT2D eigenvalue weighted by Gasteiger charge is 2.39. The number of pyridine rings is 2. The molecule has 6 aromatic rings. The van der Waals surface area contributed by atoms with Crippen molar-refractivity contribution in [1.29, 1.82) is 0 Å². The number of rotatable bonds is 8. The summed E-state index contributed by atoms with van der Waals surface area (Å²) in [7, 11) is 1.64. The number of aromatic amines is 1. The third kappa shape index (κ3) is 6.67. The molecule has 12 heteroatoms. The van der Waals surface area contributed by atoms with Crippen LogP contribution in [0.2, 0.25) is 0 Å². The molecule has 12 nitrogen and oxygen atoms in total. The summed E-state index contributed by atoms with van der Waals surface area (Å²) in [6.07, 6.45) is 8.43. The maximum Gasteiger partial charge on any atom is 0.269 e. The standard InChI is InChI=1S/C45H37N7O5/c1-46-42(54)35-23-50-41-32(26-11-12-26)18-29(19-33(35)41)30-9-5-8-27-20-38(49-22-34(27)30)28-13-14-37(48-21-28)43(55)47-17-3-2-6-25-7-4-10-31-36(25)24-52(45(31)57)39-15-16-40(53)51-44(39)56/h4-5,7-10,13-14,18-23,26,39,50H,3,11-12,15-17,24H2,1H3,(H,46,54)(H,47,55)(H,51,53,56). The maximum absolute atomic E-state index is 13.1. The number of H-pyrrole nitrogens is 1. The summed E-state index contributed by atoms with van der Waals surface area (Å²) >= 11 is 0. The number of imide groups is 1. The molecule has 1 unspecified atom stereocenters. The number of piperidine rings is 1. The third-order valence-corrected chi connectivity index (χ3v) is 11.0. The van der Waals surface area contributed by atoms with E-state index in [-0.39, 0.29) is 42.3 Å². The molecule has 3 aromatic heterocycles. The molecule has 5 amide bonds. The van der Waals surface area contributed by atoms with Crippen molar-refractivity contribution in [3.05, 3.63) is 119 Å². The molecule has 9 rings (SSSR count). The van der Waals surface area contributed by atoms with Gasteiger partial charge in [-0.1, -0.05) is 36.1 Å². The van der Waals surface area contributed by atoms with E-state index in [0.29, 0.717) is 42.0 Å². The molecule has 5 heterocycles. The van der Waals surface area contributed by atoms with Gasteiger partial charge >= 0.3 is 0 Å². The highest BCUT2D eigenvalue weighted by atomic mass is 16.2. The van der Waals surface area contributed by atoms with Crippen LogP contribution in [0.25, 0.3) is 44.1 Å². The van der Waals surface area contributed by atoms with Crippen LogP contribution in [0.15, 0.2) is 85.3 Å². The van der Waals surface area contributed by atoms with E-state index < -0.39 is 11.9 Å². The summed E-state index contributed by atoms with van der Waals surface area (Å²) in [5.74, 6) is 5.21. The van der Waals surface area contributed by atoms with E-state index >= 15 is 0 Å². The molecule has 282 valence electrons. The topological polar surface area (TPSA) is 166 Å². The summed E-state index contributed by atoms with van der Waals surface area (Å²) in [4.78, 5) is 76.8. The minimum Gasteiger partial charge on any atom is -0.360 e. The Morgan fingerprint density at radius 1 is 0.895 bits per heavy atom. The smallest absolute Gasteiger partial charge is 0.269 e. The average molecular weight is 756 g/mol. The first-order chi connectivity index (χ1) is 27.8. The zero-order valence-electron chi connectivity index (χ0n) is 31.1. The van der Waals surface area contributed by atoms with Crippen LogP contribution in [0.3, 0.4) is 0 Å². The Labute approximate surface area is 327 Å². The van der Waals surface area contributed by atoms with E-state index in [0.717, 1.165) is 62.5 Å². The van der Waals surface area contributed by atoms with E-state index in [9.17, 15) is 24.0 Å². The largest absolute Gasteiger partial charge is 0.360 e. The van der Waals surface area contributed by atoms with Crippen molar-refractivity contribution < 1.29 is 24.0 Å². The Morgan fingerprint density at radius 2 is 1.74 bits per heavy atom. The maximum atomic E-state index is 13.1. The van der Waals surface area contributed by atoms with Crippen molar-refractivity contribution in [3.8, 4) is 34.2 Å². The molecule has 3 aliphatic rings. The van der Waals surface area contributed by atoms with Crippen LogP contribution in [-0.4, -0.2) is 69.0 Å². The van der Waals surface area contributed by atoms with Gasteiger partial charge in [0.1, 0.15) is 11.7 Å². The van der Waals surface area contributed by atoms with Gasteiger partial charge in [-0.3, -0.25) is 39.3 Å². The number of carbonyl (C=O) groups is 5. The van der Waals surface area contributed by atoms with Crippen LogP contribution in [0, 0.1) is 11.8 Å². The van der Waals surface area contributed by atoms with Gasteiger partial charge in [-0.05, 0) is 95.3 Å². The summed E-state index contributed by atoms with van der Waals surface area (Å²) in [6, 6.07) is 20.6. The SMILES string of the molecule is CNC(=O)c1c[nH]c2c(C3CC3)cc(-c3cccc4cc(-c5ccc(C(=O)NCCC#Cc6cccc7c6CN(C6CCC(=O)NC6=O)C7=O)nc5)ncc34)cc12. The van der Waals surface area contributed by atoms with Gasteiger partial charge in [0.2, 0.25) is 11.8 Å². The molecule has 3 aromatic carbocycles. The third-order valence-electron chi connectivity index (χ3n) is 11.0. The van der Waals surface area contributed by atoms with E-state index in [1.54, 1.807) is 37.6 Å². The van der Waals surface area contributed by atoms with Crippen LogP contribution >= 0.6 is 0 Å². The van der Waals surface area contributed by atoms with Crippen LogP contribution in [0.1, 0.15) is 85.9 Å². The number of fused-ring (bicyclic) bond motifs is 3. The van der Waals surface area contributed by atoms with E-state index in [4.69, 9.17) is 4.98 Å². The van der Waals surface area contributed by atoms with Gasteiger partial charge in [-0.2, -0.15) is 0 Å². The zero-order valence-corrected chi connectivity index (χ0v) is 31.1. The first-order valence-electron chi connectivity index (χ1n) is 19.0. The fraction of sp³-hybridized carbons (Fsp3) is 0.222. The number of hydrogen-bond donors (Lipinski definition) is 4. The van der Waals surface area contributed by atoms with E-state index in [1.807, 2.05) is 30.5 Å². The number of nitrogens with one attached hydrogen (secondary N) is 4. The van der Waals surface area contributed by atoms with Gasteiger partial charge in [0.05, 0.1) is 11.3 Å². The quantitative estimate of drug-likeness (QED) is 0.0890. The van der Waals surface area contributed by atoms with Crippen LogP contribution in [0.5, 0.6) is 0 Å². The van der Waals surface area contributed by atoms with Crippen LogP contribution in [0.4, 0.5) is 0 Å². The second-order valence-corrected chi connectivity index (χ2v) is 14.6. The van der Waals surface area contributed by atoms with Crippen molar-refractivity contribution in [2.75, 3.05) is 13.6 Å². The van der Waals surface area contributed by atoms with E-state index in [2.05, 4.69) is 62.0 Å². The van der Waals surface area contributed by atoms with Gasteiger partial charge in [0.15, 0.2) is 0 Å². The lowest BCUT2D eigenvalue weighted by molar-refractivity contribution is -0.136. The molecule has 1 saturated heterocycles. The second kappa shape index (κ2) is 14.5. The van der Waals surface area contributed by atoms with Gasteiger partial charge in [-0.25, -0.2) is 0 Å². The fourth-order valence-electron chi connectivity index (χ4n) is 7.90. The molecule has 2 aliphatic heterocycles. The molecular formula is C45H37N7O5. The van der Waals surface area contributed by atoms with Crippen LogP contribution in [-0.2, 0) is 16.1 Å². The molecule has 1 saturated carbocycles. The van der Waals surface area contributed by atoms with Crippen molar-refractivity contribution in [2.24, 2.45) is 0 Å². The summed E-state index contributed by atoms with van der Waals surface area (Å²) < 4.78 is 0. The Bertz CT molecular complexity index is 2740. The summed E-state index contributed by atoms with van der Waals surface area (Å²) in [5, 5.41) is 10.9. The fourth-order valence-corrected chi connectivity index (χ4v) is 7.90. The van der Waals surface area contributed by atoms with Gasteiger partial charge in [0, 0.05) is 84.5 Å². The van der Waals surface area contributed by atoms with Crippen molar-refractivity contribution >= 4 is 51.2 Å². The summed E-state index contributed by atoms with van der Waals surface area (Å²) in [5.41, 5.74) is 8.67. The number of benzene rings is 3. The highest BCUT2D eigenvalue weighted by molar-refractivity contribution is 6.10. The minimum absolute atomic E-state index is 0.123. The average Bonchev–Trinajstić information content (AvgIpc) is 3.91. The van der Waals surface area contributed by atoms with Gasteiger partial charge < -0.3 is 20.5 Å². The molecular weight excluding hydrogens is 719 g/mol. The van der Waals surface area contributed by atoms with Gasteiger partial charge in [-0.15, -0.1) is 0 Å². The number of amides is 5.